The van der Waals surface area contributed by atoms with E-state index in [1.165, 1.54) is 27.8 Å². The lowest BCUT2D eigenvalue weighted by Crippen LogP contribution is -2.31. The lowest BCUT2D eigenvalue weighted by molar-refractivity contribution is 0.248. The number of benzene rings is 3. The molecule has 3 aromatic carbocycles. The van der Waals surface area contributed by atoms with Gasteiger partial charge in [0.1, 0.15) is 0 Å². The van der Waals surface area contributed by atoms with E-state index < -0.39 is 0 Å². The first-order valence-electron chi connectivity index (χ1n) is 10.6. The molecule has 0 spiro atoms. The Morgan fingerprint density at radius 3 is 1.90 bits per heavy atom. The van der Waals surface area contributed by atoms with Crippen LogP contribution in [-0.4, -0.2) is 18.0 Å². The molecule has 1 aliphatic carbocycles. The van der Waals surface area contributed by atoms with Gasteiger partial charge in [-0.15, -0.1) is 12.4 Å². The van der Waals surface area contributed by atoms with E-state index in [2.05, 4.69) is 77.7 Å². The van der Waals surface area contributed by atoms with Gasteiger partial charge in [-0.25, -0.2) is 0 Å². The highest BCUT2D eigenvalue weighted by Gasteiger charge is 2.22. The first kappa shape index (κ1) is 21.1. The Kier molecular flexibility index (Phi) is 6.37. The van der Waals surface area contributed by atoms with Crippen LogP contribution in [0.5, 0.6) is 0 Å². The van der Waals surface area contributed by atoms with Crippen LogP contribution < -0.4 is 0 Å². The number of hydrogen-bond donors (Lipinski definition) is 0. The van der Waals surface area contributed by atoms with Crippen molar-refractivity contribution >= 4 is 30.1 Å². The maximum absolute atomic E-state index is 9.39. The van der Waals surface area contributed by atoms with Crippen LogP contribution in [0.1, 0.15) is 46.2 Å². The Bertz CT molecular complexity index is 1140. The number of likely N-dealkylation sites (tertiary alicyclic amines) is 1. The predicted molar refractivity (Wildman–Crippen MR) is 131 cm³/mol. The topological polar surface area (TPSA) is 27.0 Å². The van der Waals surface area contributed by atoms with Gasteiger partial charge in [-0.3, -0.25) is 4.90 Å². The molecule has 31 heavy (non-hydrogen) atoms. The molecular weight excluding hydrogens is 400 g/mol. The van der Waals surface area contributed by atoms with Gasteiger partial charge in [0, 0.05) is 19.6 Å². The zero-order valence-electron chi connectivity index (χ0n) is 17.4. The van der Waals surface area contributed by atoms with Gasteiger partial charge in [0.25, 0.3) is 0 Å². The zero-order valence-corrected chi connectivity index (χ0v) is 18.2. The van der Waals surface area contributed by atoms with Crippen LogP contribution in [-0.2, 0) is 6.54 Å². The summed E-state index contributed by atoms with van der Waals surface area (Å²) in [6.07, 6.45) is 6.62. The molecule has 5 rings (SSSR count). The Morgan fingerprint density at radius 1 is 0.742 bits per heavy atom. The van der Waals surface area contributed by atoms with E-state index in [9.17, 15) is 5.26 Å². The normalized spacial score (nSPS) is 15.3. The van der Waals surface area contributed by atoms with Gasteiger partial charge in [-0.05, 0) is 52.3 Å². The number of fused-ring (bicyclic) bond motifs is 2. The largest absolute Gasteiger partial charge is 0.298 e. The van der Waals surface area contributed by atoms with Gasteiger partial charge in [0.15, 0.2) is 0 Å². The van der Waals surface area contributed by atoms with Crippen LogP contribution >= 0.6 is 12.4 Å². The maximum atomic E-state index is 9.39. The fourth-order valence-corrected chi connectivity index (χ4v) is 4.68. The summed E-state index contributed by atoms with van der Waals surface area (Å²) in [4.78, 5) is 2.48. The summed E-state index contributed by atoms with van der Waals surface area (Å²) in [5.74, 6) is 0. The van der Waals surface area contributed by atoms with Crippen molar-refractivity contribution in [3.05, 3.63) is 112 Å². The van der Waals surface area contributed by atoms with Crippen LogP contribution in [0.2, 0.25) is 0 Å². The summed E-state index contributed by atoms with van der Waals surface area (Å²) >= 11 is 0. The van der Waals surface area contributed by atoms with Crippen molar-refractivity contribution in [3.63, 3.8) is 0 Å². The Labute approximate surface area is 190 Å². The van der Waals surface area contributed by atoms with E-state index in [0.29, 0.717) is 0 Å². The molecule has 2 aliphatic rings. The molecule has 1 aliphatic heterocycles. The molecule has 154 valence electrons. The van der Waals surface area contributed by atoms with Crippen molar-refractivity contribution in [3.8, 4) is 6.07 Å². The van der Waals surface area contributed by atoms with Gasteiger partial charge >= 0.3 is 0 Å². The van der Waals surface area contributed by atoms with Crippen molar-refractivity contribution in [2.24, 2.45) is 0 Å². The third kappa shape index (κ3) is 4.21. The molecular formula is C28H25ClN2. The van der Waals surface area contributed by atoms with Crippen LogP contribution in [0.3, 0.4) is 0 Å². The fourth-order valence-electron chi connectivity index (χ4n) is 4.68. The number of nitriles is 1. The SMILES string of the molecule is Cl.N#Cc1ccccc1CN1CCC(=C2c3ccccc3C=Cc3ccccc32)CC1. The molecule has 0 saturated carbocycles. The average Bonchev–Trinajstić information content (AvgIpc) is 2.97. The third-order valence-corrected chi connectivity index (χ3v) is 6.25. The molecule has 1 fully saturated rings. The molecule has 0 atom stereocenters. The molecule has 0 amide bonds. The summed E-state index contributed by atoms with van der Waals surface area (Å²) in [5, 5.41) is 9.39. The molecule has 0 radical (unpaired) electrons. The van der Waals surface area contributed by atoms with E-state index in [1.807, 2.05) is 18.2 Å². The number of halogens is 1. The minimum Gasteiger partial charge on any atom is -0.298 e. The van der Waals surface area contributed by atoms with Gasteiger partial charge in [-0.2, -0.15) is 5.26 Å². The molecule has 1 heterocycles. The summed E-state index contributed by atoms with van der Waals surface area (Å²) in [6, 6.07) is 27.8. The van der Waals surface area contributed by atoms with Gasteiger partial charge in [0.05, 0.1) is 11.6 Å². The lowest BCUT2D eigenvalue weighted by atomic mass is 9.86. The Hall–Kier alpha value is -3.12. The van der Waals surface area contributed by atoms with E-state index in [-0.39, 0.29) is 12.4 Å². The standard InChI is InChI=1S/C28H24N2.ClH/c29-19-24-9-1-2-10-25(24)20-30-17-15-23(16-18-30)28-26-11-5-3-7-21(26)13-14-22-8-4-6-12-27(22)28;/h1-14H,15-18,20H2;1H. The van der Waals surface area contributed by atoms with Crippen LogP contribution in [0.15, 0.2) is 78.4 Å². The van der Waals surface area contributed by atoms with Crippen LogP contribution in [0.25, 0.3) is 17.7 Å². The van der Waals surface area contributed by atoms with Gasteiger partial charge < -0.3 is 0 Å². The molecule has 0 unspecified atom stereocenters. The highest BCUT2D eigenvalue weighted by atomic mass is 35.5. The zero-order chi connectivity index (χ0) is 20.3. The fraction of sp³-hybridized carbons (Fsp3) is 0.179. The molecule has 0 aromatic heterocycles. The van der Waals surface area contributed by atoms with E-state index >= 15 is 0 Å². The summed E-state index contributed by atoms with van der Waals surface area (Å²) < 4.78 is 0. The summed E-state index contributed by atoms with van der Waals surface area (Å²) in [5.41, 5.74) is 10.2. The second-order valence-corrected chi connectivity index (χ2v) is 8.03. The smallest absolute Gasteiger partial charge is 0.0995 e. The van der Waals surface area contributed by atoms with Crippen LogP contribution in [0, 0.1) is 11.3 Å². The highest BCUT2D eigenvalue weighted by Crippen LogP contribution is 2.38. The minimum atomic E-state index is 0. The highest BCUT2D eigenvalue weighted by molar-refractivity contribution is 5.94. The van der Waals surface area contributed by atoms with E-state index in [1.54, 1.807) is 5.57 Å². The van der Waals surface area contributed by atoms with Crippen molar-refractivity contribution in [2.45, 2.75) is 19.4 Å². The van der Waals surface area contributed by atoms with E-state index in [4.69, 9.17) is 0 Å². The molecule has 3 heteroatoms. The number of piperidine rings is 1. The van der Waals surface area contributed by atoms with E-state index in [0.717, 1.165) is 43.6 Å². The number of nitrogens with zero attached hydrogens (tertiary/aromatic N) is 2. The lowest BCUT2D eigenvalue weighted by Gasteiger charge is -2.30. The van der Waals surface area contributed by atoms with Crippen LogP contribution in [0.4, 0.5) is 0 Å². The summed E-state index contributed by atoms with van der Waals surface area (Å²) in [7, 11) is 0. The summed E-state index contributed by atoms with van der Waals surface area (Å²) in [6.45, 7) is 2.90. The molecule has 3 aromatic rings. The monoisotopic (exact) mass is 424 g/mol. The van der Waals surface area contributed by atoms with Crippen molar-refractivity contribution < 1.29 is 0 Å². The molecule has 0 N–H and O–H groups in total. The molecule has 0 bridgehead atoms. The average molecular weight is 425 g/mol. The van der Waals surface area contributed by atoms with Crippen molar-refractivity contribution in [1.29, 1.82) is 5.26 Å². The second-order valence-electron chi connectivity index (χ2n) is 8.03. The molecule has 1 saturated heterocycles. The predicted octanol–water partition coefficient (Wildman–Crippen LogP) is 6.56. The van der Waals surface area contributed by atoms with Gasteiger partial charge in [0.2, 0.25) is 0 Å². The first-order chi connectivity index (χ1) is 14.8. The number of rotatable bonds is 2. The Balaban J connectivity index is 0.00000231. The van der Waals surface area contributed by atoms with Gasteiger partial charge in [-0.1, -0.05) is 84.5 Å². The third-order valence-electron chi connectivity index (χ3n) is 6.25. The second kappa shape index (κ2) is 9.35. The first-order valence-corrected chi connectivity index (χ1v) is 10.6. The quantitative estimate of drug-likeness (QED) is 0.364. The van der Waals surface area contributed by atoms with Crippen molar-refractivity contribution in [1.82, 2.24) is 4.90 Å². The number of hydrogen-bond acceptors (Lipinski definition) is 2. The minimum absolute atomic E-state index is 0. The Morgan fingerprint density at radius 2 is 1.29 bits per heavy atom. The van der Waals surface area contributed by atoms with Crippen molar-refractivity contribution in [2.75, 3.05) is 13.1 Å². The maximum Gasteiger partial charge on any atom is 0.0995 e. The molecule has 2 nitrogen and oxygen atoms in total.